The zero-order valence-electron chi connectivity index (χ0n) is 13.7. The van der Waals surface area contributed by atoms with E-state index < -0.39 is 54.6 Å². The van der Waals surface area contributed by atoms with Crippen LogP contribution in [0.15, 0.2) is 0 Å². The van der Waals surface area contributed by atoms with Crippen LogP contribution in [0.4, 0.5) is 0 Å². The molecule has 0 amide bonds. The van der Waals surface area contributed by atoms with Crippen molar-refractivity contribution in [3.8, 4) is 0 Å². The van der Waals surface area contributed by atoms with Crippen molar-refractivity contribution >= 4 is 23.9 Å². The van der Waals surface area contributed by atoms with Gasteiger partial charge in [0.1, 0.15) is 18.8 Å². The Morgan fingerprint density at radius 1 is 0.833 bits per heavy atom. The lowest BCUT2D eigenvalue weighted by molar-refractivity contribution is -0.298. The van der Waals surface area contributed by atoms with E-state index in [2.05, 4.69) is 0 Å². The van der Waals surface area contributed by atoms with Crippen LogP contribution < -0.4 is 0 Å². The van der Waals surface area contributed by atoms with Gasteiger partial charge >= 0.3 is 23.9 Å². The molecule has 0 aromatic heterocycles. The number of rotatable bonds is 5. The minimum atomic E-state index is -1.48. The predicted octanol–water partition coefficient (Wildman–Crippen LogP) is -0.938. The summed E-state index contributed by atoms with van der Waals surface area (Å²) in [5, 5.41) is 10.3. The monoisotopic (exact) mass is 348 g/mol. The van der Waals surface area contributed by atoms with E-state index in [1.807, 2.05) is 0 Å². The third kappa shape index (κ3) is 5.78. The van der Waals surface area contributed by atoms with Gasteiger partial charge in [-0.25, -0.2) is 0 Å². The number of esters is 4. The number of hydrogen-bond donors (Lipinski definition) is 1. The summed E-state index contributed by atoms with van der Waals surface area (Å²) < 4.78 is 25.0. The Balaban J connectivity index is 3.07. The maximum atomic E-state index is 11.3. The summed E-state index contributed by atoms with van der Waals surface area (Å²) in [4.78, 5) is 44.7. The quantitative estimate of drug-likeness (QED) is 0.490. The molecule has 0 saturated carbocycles. The molecular weight excluding hydrogens is 328 g/mol. The van der Waals surface area contributed by atoms with Crippen LogP contribution in [0.1, 0.15) is 27.7 Å². The Bertz CT molecular complexity index is 502. The third-order valence-electron chi connectivity index (χ3n) is 2.96. The number of carbonyl (C=O) groups excluding carboxylic acids is 4. The van der Waals surface area contributed by atoms with Gasteiger partial charge in [-0.15, -0.1) is 0 Å². The molecule has 0 bridgehead atoms. The fraction of sp³-hybridized carbons (Fsp3) is 0.714. The van der Waals surface area contributed by atoms with Crippen molar-refractivity contribution in [2.45, 2.75) is 58.4 Å². The lowest BCUT2D eigenvalue weighted by Gasteiger charge is -2.42. The standard InChI is InChI=1S/C14H20O10/c1-6(15)20-5-10-11(19)12(21-7(2)16)13(22-8(3)17)14(24-10)23-9(4)18/h10-14,19H,5H2,1-4H3/t10?,11-,12?,13?,14+/m1/s1. The Hall–Kier alpha value is -2.20. The SMILES string of the molecule is CC(=O)OCC1O[C@H](OC(C)=O)C(OC(C)=O)C(OC(C)=O)[C@@H]1O. The average molecular weight is 348 g/mol. The molecular formula is C14H20O10. The molecule has 1 fully saturated rings. The number of hydrogen-bond acceptors (Lipinski definition) is 10. The van der Waals surface area contributed by atoms with Crippen molar-refractivity contribution in [2.75, 3.05) is 6.61 Å². The van der Waals surface area contributed by atoms with Gasteiger partial charge in [0.15, 0.2) is 6.10 Å². The summed E-state index contributed by atoms with van der Waals surface area (Å²) in [5.74, 6) is -2.89. The first kappa shape index (κ1) is 19.8. The Morgan fingerprint density at radius 3 is 1.79 bits per heavy atom. The van der Waals surface area contributed by atoms with E-state index in [0.29, 0.717) is 0 Å². The van der Waals surface area contributed by atoms with Crippen LogP contribution in [0.5, 0.6) is 0 Å². The maximum absolute atomic E-state index is 11.3. The minimum absolute atomic E-state index is 0.376. The lowest BCUT2D eigenvalue weighted by atomic mass is 9.98. The van der Waals surface area contributed by atoms with Gasteiger partial charge < -0.3 is 28.8 Å². The first-order valence-electron chi connectivity index (χ1n) is 7.10. The van der Waals surface area contributed by atoms with Crippen molar-refractivity contribution < 1.29 is 48.0 Å². The molecule has 0 aromatic rings. The van der Waals surface area contributed by atoms with E-state index in [0.717, 1.165) is 27.7 Å². The maximum Gasteiger partial charge on any atom is 0.305 e. The van der Waals surface area contributed by atoms with Crippen LogP contribution in [0.3, 0.4) is 0 Å². The van der Waals surface area contributed by atoms with E-state index in [1.54, 1.807) is 0 Å². The van der Waals surface area contributed by atoms with Gasteiger partial charge in [0.25, 0.3) is 0 Å². The molecule has 3 unspecified atom stereocenters. The van der Waals surface area contributed by atoms with Crippen molar-refractivity contribution in [3.05, 3.63) is 0 Å². The van der Waals surface area contributed by atoms with Crippen molar-refractivity contribution in [2.24, 2.45) is 0 Å². The van der Waals surface area contributed by atoms with Gasteiger partial charge in [0.2, 0.25) is 12.4 Å². The number of aliphatic hydroxyl groups excluding tert-OH is 1. The molecule has 0 spiro atoms. The molecule has 10 heteroatoms. The summed E-state index contributed by atoms with van der Waals surface area (Å²) in [5.41, 5.74) is 0. The summed E-state index contributed by atoms with van der Waals surface area (Å²) >= 11 is 0. The molecule has 136 valence electrons. The number of ether oxygens (including phenoxy) is 5. The predicted molar refractivity (Wildman–Crippen MR) is 74.2 cm³/mol. The highest BCUT2D eigenvalue weighted by molar-refractivity contribution is 5.68. The topological polar surface area (TPSA) is 135 Å². The van der Waals surface area contributed by atoms with Crippen LogP contribution in [0, 0.1) is 0 Å². The lowest BCUT2D eigenvalue weighted by Crippen LogP contribution is -2.62. The van der Waals surface area contributed by atoms with Crippen LogP contribution in [0.2, 0.25) is 0 Å². The molecule has 0 aromatic carbocycles. The van der Waals surface area contributed by atoms with Gasteiger partial charge in [-0.05, 0) is 0 Å². The minimum Gasteiger partial charge on any atom is -0.463 e. The zero-order chi connectivity index (χ0) is 18.4. The van der Waals surface area contributed by atoms with Crippen molar-refractivity contribution in [3.63, 3.8) is 0 Å². The summed E-state index contributed by atoms with van der Waals surface area (Å²) in [6.07, 6.45) is -6.83. The number of aliphatic hydroxyl groups is 1. The molecule has 1 aliphatic heterocycles. The fourth-order valence-electron chi connectivity index (χ4n) is 2.13. The van der Waals surface area contributed by atoms with E-state index in [-0.39, 0.29) is 6.61 Å². The highest BCUT2D eigenvalue weighted by Crippen LogP contribution is 2.27. The van der Waals surface area contributed by atoms with Gasteiger partial charge in [-0.2, -0.15) is 0 Å². The summed E-state index contributed by atoms with van der Waals surface area (Å²) in [6.45, 7) is 4.06. The third-order valence-corrected chi connectivity index (χ3v) is 2.96. The molecule has 5 atom stereocenters. The second-order valence-corrected chi connectivity index (χ2v) is 5.09. The smallest absolute Gasteiger partial charge is 0.305 e. The molecule has 1 saturated heterocycles. The highest BCUT2D eigenvalue weighted by Gasteiger charge is 2.51. The van der Waals surface area contributed by atoms with Crippen molar-refractivity contribution in [1.29, 1.82) is 0 Å². The molecule has 1 heterocycles. The second kappa shape index (κ2) is 8.60. The molecule has 24 heavy (non-hydrogen) atoms. The Labute approximate surface area is 137 Å². The fourth-order valence-corrected chi connectivity index (χ4v) is 2.13. The Kier molecular flexibility index (Phi) is 7.11. The Morgan fingerprint density at radius 2 is 1.33 bits per heavy atom. The molecule has 10 nitrogen and oxygen atoms in total. The second-order valence-electron chi connectivity index (χ2n) is 5.09. The van der Waals surface area contributed by atoms with E-state index >= 15 is 0 Å². The van der Waals surface area contributed by atoms with E-state index in [4.69, 9.17) is 23.7 Å². The first-order chi connectivity index (χ1) is 11.1. The van der Waals surface area contributed by atoms with Crippen LogP contribution in [-0.4, -0.2) is 66.3 Å². The van der Waals surface area contributed by atoms with Gasteiger partial charge in [0, 0.05) is 27.7 Å². The first-order valence-corrected chi connectivity index (χ1v) is 7.10. The van der Waals surface area contributed by atoms with Crippen LogP contribution >= 0.6 is 0 Å². The van der Waals surface area contributed by atoms with Crippen molar-refractivity contribution in [1.82, 2.24) is 0 Å². The van der Waals surface area contributed by atoms with Gasteiger partial charge in [0.05, 0.1) is 0 Å². The molecule has 1 rings (SSSR count). The summed E-state index contributed by atoms with van der Waals surface area (Å²) in [7, 11) is 0. The van der Waals surface area contributed by atoms with E-state index in [9.17, 15) is 24.3 Å². The highest BCUT2D eigenvalue weighted by atomic mass is 16.7. The van der Waals surface area contributed by atoms with E-state index in [1.165, 1.54) is 0 Å². The largest absolute Gasteiger partial charge is 0.463 e. The van der Waals surface area contributed by atoms with Gasteiger partial charge in [-0.3, -0.25) is 19.2 Å². The molecule has 0 aliphatic carbocycles. The number of carbonyl (C=O) groups is 4. The normalized spacial score (nSPS) is 29.3. The summed E-state index contributed by atoms with van der Waals surface area (Å²) in [6, 6.07) is 0. The molecule has 0 radical (unpaired) electrons. The van der Waals surface area contributed by atoms with Crippen LogP contribution in [0.25, 0.3) is 0 Å². The molecule has 1 aliphatic rings. The zero-order valence-corrected chi connectivity index (χ0v) is 13.7. The molecule has 1 N–H and O–H groups in total. The average Bonchev–Trinajstić information content (AvgIpc) is 2.42. The van der Waals surface area contributed by atoms with Gasteiger partial charge in [-0.1, -0.05) is 0 Å². The van der Waals surface area contributed by atoms with Crippen LogP contribution in [-0.2, 0) is 42.9 Å².